The van der Waals surface area contributed by atoms with Gasteiger partial charge >= 0.3 is 5.97 Å². The second kappa shape index (κ2) is 10.2. The zero-order valence-electron chi connectivity index (χ0n) is 18.4. The molecular formula is C24H31N3O2S. The molecule has 0 spiro atoms. The summed E-state index contributed by atoms with van der Waals surface area (Å²) in [5, 5.41) is 1.27. The van der Waals surface area contributed by atoms with Gasteiger partial charge < -0.3 is 9.30 Å². The Bertz CT molecular complexity index is 1010. The van der Waals surface area contributed by atoms with Crippen LogP contribution in [-0.4, -0.2) is 42.6 Å². The van der Waals surface area contributed by atoms with Crippen molar-refractivity contribution in [1.29, 1.82) is 0 Å². The van der Waals surface area contributed by atoms with Crippen LogP contribution in [0.15, 0.2) is 48.7 Å². The summed E-state index contributed by atoms with van der Waals surface area (Å²) in [5.41, 5.74) is 5.06. The maximum atomic E-state index is 12.2. The average Bonchev–Trinajstić information content (AvgIpc) is 3.06. The molecule has 3 rings (SSSR count). The van der Waals surface area contributed by atoms with E-state index < -0.39 is 0 Å². The van der Waals surface area contributed by atoms with E-state index in [1.54, 1.807) is 12.1 Å². The minimum atomic E-state index is -0.312. The molecule has 160 valence electrons. The first-order chi connectivity index (χ1) is 14.4. The van der Waals surface area contributed by atoms with Gasteiger partial charge in [-0.25, -0.2) is 9.10 Å². The highest BCUT2D eigenvalue weighted by Crippen LogP contribution is 2.31. The van der Waals surface area contributed by atoms with Gasteiger partial charge in [-0.3, -0.25) is 4.72 Å². The van der Waals surface area contributed by atoms with Crippen molar-refractivity contribution in [2.24, 2.45) is 5.92 Å². The summed E-state index contributed by atoms with van der Waals surface area (Å²) >= 11 is 1.61. The first-order valence-electron chi connectivity index (χ1n) is 10.3. The van der Waals surface area contributed by atoms with E-state index in [4.69, 9.17) is 4.74 Å². The Morgan fingerprint density at radius 1 is 1.20 bits per heavy atom. The number of nitrogens with one attached hydrogen (secondary N) is 1. The summed E-state index contributed by atoms with van der Waals surface area (Å²) < 4.78 is 12.8. The van der Waals surface area contributed by atoms with E-state index in [-0.39, 0.29) is 5.97 Å². The van der Waals surface area contributed by atoms with E-state index in [1.165, 1.54) is 23.6 Å². The zero-order chi connectivity index (χ0) is 21.7. The molecule has 0 radical (unpaired) electrons. The molecule has 0 bridgehead atoms. The molecule has 2 aromatic carbocycles. The molecule has 0 saturated carbocycles. The molecule has 1 heterocycles. The molecule has 5 nitrogen and oxygen atoms in total. The third-order valence-corrected chi connectivity index (χ3v) is 5.61. The van der Waals surface area contributed by atoms with Gasteiger partial charge in [0.15, 0.2) is 0 Å². The fourth-order valence-electron chi connectivity index (χ4n) is 3.66. The summed E-state index contributed by atoms with van der Waals surface area (Å²) in [4.78, 5) is 12.2. The van der Waals surface area contributed by atoms with E-state index in [9.17, 15) is 4.79 Å². The lowest BCUT2D eigenvalue weighted by Gasteiger charge is -2.11. The van der Waals surface area contributed by atoms with Gasteiger partial charge in [0.1, 0.15) is 0 Å². The Morgan fingerprint density at radius 3 is 2.67 bits per heavy atom. The van der Waals surface area contributed by atoms with Crippen molar-refractivity contribution in [3.05, 3.63) is 59.8 Å². The Hall–Kier alpha value is -2.28. The molecule has 0 aliphatic carbocycles. The molecule has 0 atom stereocenters. The van der Waals surface area contributed by atoms with Gasteiger partial charge in [0, 0.05) is 42.3 Å². The maximum Gasteiger partial charge on any atom is 0.338 e. The largest absolute Gasteiger partial charge is 0.465 e. The number of esters is 1. The van der Waals surface area contributed by atoms with Gasteiger partial charge in [-0.1, -0.05) is 44.2 Å². The Morgan fingerprint density at radius 2 is 1.97 bits per heavy atom. The summed E-state index contributed by atoms with van der Waals surface area (Å²) in [6.07, 6.45) is 3.24. The highest BCUT2D eigenvalue weighted by Gasteiger charge is 2.15. The summed E-state index contributed by atoms with van der Waals surface area (Å²) in [6, 6.07) is 14.1. The van der Waals surface area contributed by atoms with Crippen LogP contribution in [0.5, 0.6) is 0 Å². The zero-order valence-corrected chi connectivity index (χ0v) is 19.3. The monoisotopic (exact) mass is 425 g/mol. The van der Waals surface area contributed by atoms with Crippen molar-refractivity contribution in [1.82, 2.24) is 13.6 Å². The number of fused-ring (bicyclic) bond motifs is 1. The highest BCUT2D eigenvalue weighted by atomic mass is 32.2. The number of benzene rings is 2. The van der Waals surface area contributed by atoms with E-state index in [0.29, 0.717) is 11.5 Å². The van der Waals surface area contributed by atoms with Crippen LogP contribution in [0.2, 0.25) is 0 Å². The van der Waals surface area contributed by atoms with Crippen LogP contribution in [0.1, 0.15) is 29.8 Å². The minimum absolute atomic E-state index is 0.312. The molecule has 3 aromatic rings. The number of ether oxygens (including phenoxy) is 1. The predicted octanol–water partition coefficient (Wildman–Crippen LogP) is 5.01. The standard InChI is InChI=1S/C24H31N3O2S/c1-17(2)15-27-16-19(12-13-25-30-26(3)4)21-11-10-18(14-23(21)27)20-8-6-7-9-22(20)24(28)29-5/h6-11,14,16-17,25H,12-13,15H2,1-5H3. The minimum Gasteiger partial charge on any atom is -0.465 e. The van der Waals surface area contributed by atoms with E-state index >= 15 is 0 Å². The van der Waals surface area contributed by atoms with Crippen LogP contribution >= 0.6 is 12.1 Å². The Labute approximate surface area is 183 Å². The van der Waals surface area contributed by atoms with Crippen LogP contribution < -0.4 is 4.72 Å². The topological polar surface area (TPSA) is 46.5 Å². The quantitative estimate of drug-likeness (QED) is 0.297. The van der Waals surface area contributed by atoms with Crippen LogP contribution in [0.25, 0.3) is 22.0 Å². The number of rotatable bonds is 9. The smallest absolute Gasteiger partial charge is 0.338 e. The number of hydrogen-bond acceptors (Lipinski definition) is 5. The lowest BCUT2D eigenvalue weighted by molar-refractivity contribution is 0.0601. The number of carbonyl (C=O) groups is 1. The van der Waals surface area contributed by atoms with Gasteiger partial charge in [0.05, 0.1) is 12.7 Å². The van der Waals surface area contributed by atoms with Gasteiger partial charge in [0.25, 0.3) is 0 Å². The van der Waals surface area contributed by atoms with Gasteiger partial charge in [0.2, 0.25) is 0 Å². The van der Waals surface area contributed by atoms with Crippen molar-refractivity contribution in [3.8, 4) is 11.1 Å². The Balaban J connectivity index is 2.00. The second-order valence-corrected chi connectivity index (χ2v) is 9.22. The van der Waals surface area contributed by atoms with Crippen LogP contribution in [0, 0.1) is 5.92 Å². The van der Waals surface area contributed by atoms with E-state index in [1.807, 2.05) is 42.7 Å². The van der Waals surface area contributed by atoms with Gasteiger partial charge in [-0.15, -0.1) is 0 Å². The molecule has 1 aromatic heterocycles. The predicted molar refractivity (Wildman–Crippen MR) is 127 cm³/mol. The molecule has 1 N–H and O–H groups in total. The molecule has 6 heteroatoms. The fourth-order valence-corrected chi connectivity index (χ4v) is 4.11. The number of nitrogens with zero attached hydrogens (tertiary/aromatic N) is 2. The third-order valence-electron chi connectivity index (χ3n) is 4.91. The van der Waals surface area contributed by atoms with Gasteiger partial charge in [-0.05, 0) is 55.3 Å². The Kier molecular flexibility index (Phi) is 7.58. The maximum absolute atomic E-state index is 12.2. The van der Waals surface area contributed by atoms with Gasteiger partial charge in [-0.2, -0.15) is 0 Å². The lowest BCUT2D eigenvalue weighted by Crippen LogP contribution is -2.15. The van der Waals surface area contributed by atoms with Crippen molar-refractivity contribution in [3.63, 3.8) is 0 Å². The third kappa shape index (κ3) is 5.25. The van der Waals surface area contributed by atoms with E-state index in [0.717, 1.165) is 30.6 Å². The first-order valence-corrected chi connectivity index (χ1v) is 11.0. The van der Waals surface area contributed by atoms with Crippen molar-refractivity contribution < 1.29 is 9.53 Å². The van der Waals surface area contributed by atoms with Crippen molar-refractivity contribution in [2.75, 3.05) is 27.7 Å². The first kappa shape index (κ1) is 22.4. The average molecular weight is 426 g/mol. The SMILES string of the molecule is COC(=O)c1ccccc1-c1ccc2c(CCNSN(C)C)cn(CC(C)C)c2c1. The number of carbonyl (C=O) groups excluding carboxylic acids is 1. The van der Waals surface area contributed by atoms with Crippen molar-refractivity contribution in [2.45, 2.75) is 26.8 Å². The molecule has 0 fully saturated rings. The summed E-state index contributed by atoms with van der Waals surface area (Å²) in [7, 11) is 5.48. The fraction of sp³-hybridized carbons (Fsp3) is 0.375. The van der Waals surface area contributed by atoms with Crippen LogP contribution in [0.3, 0.4) is 0 Å². The molecule has 0 aliphatic heterocycles. The van der Waals surface area contributed by atoms with E-state index in [2.05, 4.69) is 47.5 Å². The molecule has 0 saturated heterocycles. The number of aromatic nitrogens is 1. The normalized spacial score (nSPS) is 11.6. The lowest BCUT2D eigenvalue weighted by atomic mass is 9.98. The van der Waals surface area contributed by atoms with Crippen LogP contribution in [-0.2, 0) is 17.7 Å². The molecular weight excluding hydrogens is 394 g/mol. The van der Waals surface area contributed by atoms with Crippen LogP contribution in [0.4, 0.5) is 0 Å². The number of methoxy groups -OCH3 is 1. The molecule has 0 unspecified atom stereocenters. The second-order valence-electron chi connectivity index (χ2n) is 8.02. The van der Waals surface area contributed by atoms with Crippen molar-refractivity contribution >= 4 is 29.0 Å². The summed E-state index contributed by atoms with van der Waals surface area (Å²) in [6.45, 7) is 6.32. The molecule has 0 aliphatic rings. The summed E-state index contributed by atoms with van der Waals surface area (Å²) in [5.74, 6) is 0.232. The molecule has 30 heavy (non-hydrogen) atoms. The highest BCUT2D eigenvalue weighted by molar-refractivity contribution is 7.95. The number of hydrogen-bond donors (Lipinski definition) is 1. The molecule has 0 amide bonds.